The molecule has 2 fully saturated rings. The van der Waals surface area contributed by atoms with Crippen LogP contribution in [-0.2, 0) is 20.8 Å². The molecule has 31 heavy (non-hydrogen) atoms. The summed E-state index contributed by atoms with van der Waals surface area (Å²) in [6.45, 7) is 6.31. The number of esters is 1. The first-order valence-corrected chi connectivity index (χ1v) is 10.5. The van der Waals surface area contributed by atoms with Crippen molar-refractivity contribution in [3.05, 3.63) is 53.9 Å². The summed E-state index contributed by atoms with van der Waals surface area (Å²) in [5.41, 5.74) is 1.58. The van der Waals surface area contributed by atoms with Gasteiger partial charge in [0.2, 0.25) is 5.95 Å². The van der Waals surface area contributed by atoms with Crippen LogP contribution in [0.2, 0.25) is 0 Å². The number of ether oxygens (including phenoxy) is 2. The van der Waals surface area contributed by atoms with Crippen molar-refractivity contribution < 1.29 is 19.1 Å². The fourth-order valence-electron chi connectivity index (χ4n) is 3.68. The van der Waals surface area contributed by atoms with E-state index >= 15 is 0 Å². The standard InChI is InChI=1S/C22H27N5O4/c28-20(26-8-10-27(11-9-26)22-23-6-1-7-24-22)17-31-21(29)19-4-2-18(3-5-19)16-25-12-14-30-15-13-25/h1-7H,8-17H2. The summed E-state index contributed by atoms with van der Waals surface area (Å²) in [5, 5.41) is 0. The van der Waals surface area contributed by atoms with Crippen molar-refractivity contribution >= 4 is 17.8 Å². The lowest BCUT2D eigenvalue weighted by Crippen LogP contribution is -2.50. The first-order valence-electron chi connectivity index (χ1n) is 10.5. The molecule has 2 aromatic rings. The molecule has 2 aliphatic heterocycles. The maximum Gasteiger partial charge on any atom is 0.338 e. The Morgan fingerprint density at radius 3 is 2.29 bits per heavy atom. The molecule has 3 heterocycles. The van der Waals surface area contributed by atoms with Gasteiger partial charge in [0.15, 0.2) is 6.61 Å². The number of amides is 1. The third kappa shape index (κ3) is 5.77. The second-order valence-electron chi connectivity index (χ2n) is 7.58. The van der Waals surface area contributed by atoms with Gasteiger partial charge in [-0.15, -0.1) is 0 Å². The van der Waals surface area contributed by atoms with Gasteiger partial charge >= 0.3 is 5.97 Å². The number of benzene rings is 1. The minimum atomic E-state index is -0.484. The number of anilines is 1. The fraction of sp³-hybridized carbons (Fsp3) is 0.455. The Morgan fingerprint density at radius 2 is 1.61 bits per heavy atom. The average Bonchev–Trinajstić information content (AvgIpc) is 2.84. The van der Waals surface area contributed by atoms with E-state index in [9.17, 15) is 9.59 Å². The highest BCUT2D eigenvalue weighted by atomic mass is 16.5. The molecule has 1 aromatic carbocycles. The number of aromatic nitrogens is 2. The highest BCUT2D eigenvalue weighted by molar-refractivity contribution is 5.91. The largest absolute Gasteiger partial charge is 0.452 e. The maximum atomic E-state index is 12.4. The summed E-state index contributed by atoms with van der Waals surface area (Å²) in [4.78, 5) is 39.3. The zero-order chi connectivity index (χ0) is 21.5. The van der Waals surface area contributed by atoms with E-state index in [0.29, 0.717) is 37.7 Å². The molecule has 0 radical (unpaired) electrons. The van der Waals surface area contributed by atoms with E-state index < -0.39 is 5.97 Å². The lowest BCUT2D eigenvalue weighted by Gasteiger charge is -2.34. The van der Waals surface area contributed by atoms with Crippen molar-refractivity contribution in [3.8, 4) is 0 Å². The van der Waals surface area contributed by atoms with Crippen LogP contribution in [0.5, 0.6) is 0 Å². The number of piperazine rings is 1. The lowest BCUT2D eigenvalue weighted by molar-refractivity contribution is -0.134. The van der Waals surface area contributed by atoms with E-state index in [2.05, 4.69) is 14.9 Å². The van der Waals surface area contributed by atoms with Crippen molar-refractivity contribution in [3.63, 3.8) is 0 Å². The van der Waals surface area contributed by atoms with E-state index in [-0.39, 0.29) is 12.5 Å². The number of carbonyl (C=O) groups excluding carboxylic acids is 2. The molecular weight excluding hydrogens is 398 g/mol. The van der Waals surface area contributed by atoms with Crippen molar-refractivity contribution in [2.24, 2.45) is 0 Å². The van der Waals surface area contributed by atoms with Gasteiger partial charge < -0.3 is 19.3 Å². The molecule has 2 saturated heterocycles. The Morgan fingerprint density at radius 1 is 0.935 bits per heavy atom. The van der Waals surface area contributed by atoms with Gasteiger partial charge in [-0.1, -0.05) is 12.1 Å². The molecule has 4 rings (SSSR count). The predicted molar refractivity (Wildman–Crippen MR) is 114 cm³/mol. The van der Waals surface area contributed by atoms with Crippen LogP contribution in [0.25, 0.3) is 0 Å². The Balaban J connectivity index is 1.21. The predicted octanol–water partition coefficient (Wildman–Crippen LogP) is 0.814. The summed E-state index contributed by atoms with van der Waals surface area (Å²) in [6, 6.07) is 9.13. The van der Waals surface area contributed by atoms with E-state index in [1.807, 2.05) is 17.0 Å². The number of nitrogens with zero attached hydrogens (tertiary/aromatic N) is 5. The monoisotopic (exact) mass is 425 g/mol. The average molecular weight is 425 g/mol. The zero-order valence-electron chi connectivity index (χ0n) is 17.5. The van der Waals surface area contributed by atoms with Gasteiger partial charge in [0.1, 0.15) is 0 Å². The van der Waals surface area contributed by atoms with Gasteiger partial charge in [-0.2, -0.15) is 0 Å². The number of morpholine rings is 1. The van der Waals surface area contributed by atoms with Gasteiger partial charge in [-0.3, -0.25) is 9.69 Å². The molecule has 1 aromatic heterocycles. The van der Waals surface area contributed by atoms with Crippen LogP contribution in [-0.4, -0.2) is 90.7 Å². The molecule has 9 nitrogen and oxygen atoms in total. The minimum Gasteiger partial charge on any atom is -0.452 e. The van der Waals surface area contributed by atoms with Gasteiger partial charge in [-0.25, -0.2) is 14.8 Å². The second kappa shape index (κ2) is 10.3. The van der Waals surface area contributed by atoms with Crippen molar-refractivity contribution in [2.75, 3.05) is 64.0 Å². The molecule has 1 amide bonds. The highest BCUT2D eigenvalue weighted by Gasteiger charge is 2.23. The third-order valence-electron chi connectivity index (χ3n) is 5.49. The normalized spacial score (nSPS) is 17.4. The van der Waals surface area contributed by atoms with Gasteiger partial charge in [0.25, 0.3) is 5.91 Å². The van der Waals surface area contributed by atoms with Crippen LogP contribution < -0.4 is 4.90 Å². The number of hydrogen-bond acceptors (Lipinski definition) is 8. The molecule has 9 heteroatoms. The van der Waals surface area contributed by atoms with Crippen molar-refractivity contribution in [1.82, 2.24) is 19.8 Å². The molecule has 0 atom stereocenters. The molecule has 2 aliphatic rings. The first kappa shape index (κ1) is 21.2. The Labute approximate surface area is 181 Å². The summed E-state index contributed by atoms with van der Waals surface area (Å²) >= 11 is 0. The molecule has 0 saturated carbocycles. The van der Waals surface area contributed by atoms with Gasteiger partial charge in [0.05, 0.1) is 18.8 Å². The maximum absolute atomic E-state index is 12.4. The molecule has 0 spiro atoms. The van der Waals surface area contributed by atoms with Crippen LogP contribution in [0, 0.1) is 0 Å². The zero-order valence-corrected chi connectivity index (χ0v) is 17.5. The molecule has 0 bridgehead atoms. The van der Waals surface area contributed by atoms with Crippen molar-refractivity contribution in [1.29, 1.82) is 0 Å². The molecule has 0 unspecified atom stereocenters. The number of rotatable bonds is 6. The highest BCUT2D eigenvalue weighted by Crippen LogP contribution is 2.12. The summed E-state index contributed by atoms with van der Waals surface area (Å²) < 4.78 is 10.6. The Bertz CT molecular complexity index is 863. The van der Waals surface area contributed by atoms with Crippen molar-refractivity contribution in [2.45, 2.75) is 6.54 Å². The molecule has 164 valence electrons. The van der Waals surface area contributed by atoms with Gasteiger partial charge in [-0.05, 0) is 23.8 Å². The number of hydrogen-bond donors (Lipinski definition) is 0. The van der Waals surface area contributed by atoms with Crippen LogP contribution >= 0.6 is 0 Å². The Hall–Kier alpha value is -3.04. The van der Waals surface area contributed by atoms with Crippen LogP contribution in [0.15, 0.2) is 42.7 Å². The Kier molecular flexibility index (Phi) is 7.06. The molecular formula is C22H27N5O4. The second-order valence-corrected chi connectivity index (χ2v) is 7.58. The van der Waals surface area contributed by atoms with Crippen LogP contribution in [0.4, 0.5) is 5.95 Å². The lowest BCUT2D eigenvalue weighted by atomic mass is 10.1. The fourth-order valence-corrected chi connectivity index (χ4v) is 3.68. The van der Waals surface area contributed by atoms with Crippen LogP contribution in [0.1, 0.15) is 15.9 Å². The summed E-state index contributed by atoms with van der Waals surface area (Å²) in [5.74, 6) is -0.00777. The smallest absolute Gasteiger partial charge is 0.338 e. The van der Waals surface area contributed by atoms with Gasteiger partial charge in [0, 0.05) is 58.2 Å². The van der Waals surface area contributed by atoms with E-state index in [1.165, 1.54) is 0 Å². The molecule has 0 aliphatic carbocycles. The minimum absolute atomic E-state index is 0.189. The number of carbonyl (C=O) groups is 2. The first-order chi connectivity index (χ1) is 15.2. The van der Waals surface area contributed by atoms with Crippen LogP contribution in [0.3, 0.4) is 0 Å². The SMILES string of the molecule is O=C(OCC(=O)N1CCN(c2ncccn2)CC1)c1ccc(CN2CCOCC2)cc1. The summed E-state index contributed by atoms with van der Waals surface area (Å²) in [7, 11) is 0. The summed E-state index contributed by atoms with van der Waals surface area (Å²) in [6.07, 6.45) is 3.41. The quantitative estimate of drug-likeness (QED) is 0.629. The third-order valence-corrected chi connectivity index (χ3v) is 5.49. The van der Waals surface area contributed by atoms with E-state index in [1.54, 1.807) is 35.5 Å². The molecule has 0 N–H and O–H groups in total. The van der Waals surface area contributed by atoms with E-state index in [4.69, 9.17) is 9.47 Å². The topological polar surface area (TPSA) is 88.1 Å². The van der Waals surface area contributed by atoms with E-state index in [0.717, 1.165) is 38.4 Å².